The molecular weight excluding hydrogens is 272 g/mol. The van der Waals surface area contributed by atoms with Gasteiger partial charge in [-0.3, -0.25) is 4.98 Å². The molecule has 0 atom stereocenters. The van der Waals surface area contributed by atoms with Crippen molar-refractivity contribution in [2.24, 2.45) is 0 Å². The van der Waals surface area contributed by atoms with E-state index in [0.29, 0.717) is 5.82 Å². The molecule has 4 nitrogen and oxygen atoms in total. The van der Waals surface area contributed by atoms with Crippen molar-refractivity contribution in [3.8, 4) is 22.5 Å². The van der Waals surface area contributed by atoms with Gasteiger partial charge in [0, 0.05) is 28.9 Å². The third-order valence-electron chi connectivity index (χ3n) is 3.59. The summed E-state index contributed by atoms with van der Waals surface area (Å²) in [5.41, 5.74) is 3.17. The monoisotopic (exact) mass is 284 g/mol. The van der Waals surface area contributed by atoms with Crippen LogP contribution in [0.1, 0.15) is 0 Å². The Kier molecular flexibility index (Phi) is 3.05. The van der Waals surface area contributed by atoms with Crippen molar-refractivity contribution in [3.63, 3.8) is 0 Å². The first-order valence-corrected chi connectivity index (χ1v) is 6.97. The summed E-state index contributed by atoms with van der Waals surface area (Å²) in [6, 6.07) is 16.4. The van der Waals surface area contributed by atoms with Crippen molar-refractivity contribution < 1.29 is 0 Å². The Hall–Kier alpha value is -3.14. The van der Waals surface area contributed by atoms with Crippen molar-refractivity contribution in [3.05, 3.63) is 73.6 Å². The van der Waals surface area contributed by atoms with Crippen molar-refractivity contribution in [2.45, 2.75) is 0 Å². The number of aromatic nitrogens is 4. The topological polar surface area (TPSA) is 51.6 Å². The SMILES string of the molecule is c1cc(-c2ncncn2)cc(-c2cncc3ccccc23)c1. The molecule has 0 saturated heterocycles. The van der Waals surface area contributed by atoms with E-state index in [1.165, 1.54) is 18.0 Å². The first kappa shape index (κ1) is 12.6. The van der Waals surface area contributed by atoms with Crippen LogP contribution in [0.5, 0.6) is 0 Å². The summed E-state index contributed by atoms with van der Waals surface area (Å²) in [5, 5.41) is 2.32. The highest BCUT2D eigenvalue weighted by molar-refractivity contribution is 5.96. The minimum atomic E-state index is 0.671. The fourth-order valence-corrected chi connectivity index (χ4v) is 2.56. The minimum absolute atomic E-state index is 0.671. The van der Waals surface area contributed by atoms with Crippen LogP contribution in [0.4, 0.5) is 0 Å². The number of pyridine rings is 1. The molecule has 0 fully saturated rings. The lowest BCUT2D eigenvalue weighted by Crippen LogP contribution is -1.90. The molecule has 0 N–H and O–H groups in total. The molecule has 4 aromatic rings. The van der Waals surface area contributed by atoms with E-state index in [1.54, 1.807) is 0 Å². The molecule has 0 unspecified atom stereocenters. The predicted octanol–water partition coefficient (Wildman–Crippen LogP) is 3.75. The zero-order chi connectivity index (χ0) is 14.8. The van der Waals surface area contributed by atoms with Gasteiger partial charge in [-0.25, -0.2) is 15.0 Å². The van der Waals surface area contributed by atoms with Crippen LogP contribution in [0, 0.1) is 0 Å². The summed E-state index contributed by atoms with van der Waals surface area (Å²) in [5.74, 6) is 0.671. The van der Waals surface area contributed by atoms with E-state index in [9.17, 15) is 0 Å². The molecule has 0 aliphatic rings. The predicted molar refractivity (Wildman–Crippen MR) is 86.0 cm³/mol. The average molecular weight is 284 g/mol. The van der Waals surface area contributed by atoms with E-state index in [2.05, 4.69) is 44.2 Å². The first-order valence-electron chi connectivity index (χ1n) is 6.97. The van der Waals surface area contributed by atoms with Gasteiger partial charge < -0.3 is 0 Å². The lowest BCUT2D eigenvalue weighted by atomic mass is 9.99. The normalized spacial score (nSPS) is 10.7. The molecule has 22 heavy (non-hydrogen) atoms. The molecule has 0 amide bonds. The molecule has 0 radical (unpaired) electrons. The van der Waals surface area contributed by atoms with Gasteiger partial charge in [0.05, 0.1) is 0 Å². The van der Waals surface area contributed by atoms with Crippen LogP contribution < -0.4 is 0 Å². The Bertz CT molecular complexity index is 930. The van der Waals surface area contributed by atoms with Crippen molar-refractivity contribution in [1.29, 1.82) is 0 Å². The Balaban J connectivity index is 1.89. The highest BCUT2D eigenvalue weighted by atomic mass is 15.0. The second kappa shape index (κ2) is 5.33. The van der Waals surface area contributed by atoms with E-state index in [4.69, 9.17) is 0 Å². The Morgan fingerprint density at radius 3 is 2.41 bits per heavy atom. The molecule has 104 valence electrons. The Morgan fingerprint density at radius 2 is 1.50 bits per heavy atom. The van der Waals surface area contributed by atoms with Crippen molar-refractivity contribution in [2.75, 3.05) is 0 Å². The molecule has 4 rings (SSSR count). The highest BCUT2D eigenvalue weighted by Crippen LogP contribution is 2.29. The molecule has 0 aliphatic heterocycles. The number of benzene rings is 2. The number of fused-ring (bicyclic) bond motifs is 1. The molecule has 0 aliphatic carbocycles. The van der Waals surface area contributed by atoms with E-state index >= 15 is 0 Å². The van der Waals surface area contributed by atoms with Gasteiger partial charge in [0.1, 0.15) is 12.7 Å². The van der Waals surface area contributed by atoms with Crippen LogP contribution in [0.25, 0.3) is 33.3 Å². The van der Waals surface area contributed by atoms with Gasteiger partial charge >= 0.3 is 0 Å². The summed E-state index contributed by atoms with van der Waals surface area (Å²) < 4.78 is 0. The molecular formula is C18H12N4. The van der Waals surface area contributed by atoms with Crippen molar-refractivity contribution in [1.82, 2.24) is 19.9 Å². The molecule has 0 bridgehead atoms. The number of hydrogen-bond acceptors (Lipinski definition) is 4. The van der Waals surface area contributed by atoms with Crippen LogP contribution in [-0.4, -0.2) is 19.9 Å². The van der Waals surface area contributed by atoms with Gasteiger partial charge in [0.15, 0.2) is 5.82 Å². The molecule has 0 saturated carbocycles. The number of hydrogen-bond donors (Lipinski definition) is 0. The van der Waals surface area contributed by atoms with Gasteiger partial charge in [-0.2, -0.15) is 0 Å². The van der Waals surface area contributed by atoms with Crippen LogP contribution in [0.3, 0.4) is 0 Å². The van der Waals surface area contributed by atoms with Crippen LogP contribution in [0.15, 0.2) is 73.6 Å². The Morgan fingerprint density at radius 1 is 0.682 bits per heavy atom. The van der Waals surface area contributed by atoms with Gasteiger partial charge in [-0.15, -0.1) is 0 Å². The zero-order valence-corrected chi connectivity index (χ0v) is 11.7. The largest absolute Gasteiger partial charge is 0.263 e. The molecule has 4 heteroatoms. The van der Waals surface area contributed by atoms with Crippen LogP contribution in [-0.2, 0) is 0 Å². The van der Waals surface area contributed by atoms with E-state index in [0.717, 1.165) is 22.1 Å². The van der Waals surface area contributed by atoms with E-state index in [-0.39, 0.29) is 0 Å². The standard InChI is InChI=1S/C18H12N4/c1-2-7-16-15(4-1)9-19-10-17(16)13-5-3-6-14(8-13)18-21-11-20-12-22-18/h1-12H. The fourth-order valence-electron chi connectivity index (χ4n) is 2.56. The summed E-state index contributed by atoms with van der Waals surface area (Å²) >= 11 is 0. The quantitative estimate of drug-likeness (QED) is 0.562. The lowest BCUT2D eigenvalue weighted by molar-refractivity contribution is 1.06. The second-order valence-corrected chi connectivity index (χ2v) is 4.95. The maximum Gasteiger partial charge on any atom is 0.162 e. The molecule has 2 aromatic heterocycles. The Labute approximate surface area is 127 Å². The van der Waals surface area contributed by atoms with Gasteiger partial charge in [0.2, 0.25) is 0 Å². The highest BCUT2D eigenvalue weighted by Gasteiger charge is 2.06. The van der Waals surface area contributed by atoms with Crippen LogP contribution >= 0.6 is 0 Å². The van der Waals surface area contributed by atoms with E-state index < -0.39 is 0 Å². The van der Waals surface area contributed by atoms with Gasteiger partial charge in [0.25, 0.3) is 0 Å². The third kappa shape index (κ3) is 2.20. The van der Waals surface area contributed by atoms with E-state index in [1.807, 2.05) is 36.7 Å². The summed E-state index contributed by atoms with van der Waals surface area (Å²) in [7, 11) is 0. The molecule has 2 heterocycles. The van der Waals surface area contributed by atoms with Crippen molar-refractivity contribution >= 4 is 10.8 Å². The van der Waals surface area contributed by atoms with Crippen LogP contribution in [0.2, 0.25) is 0 Å². The maximum absolute atomic E-state index is 4.35. The maximum atomic E-state index is 4.35. The second-order valence-electron chi connectivity index (χ2n) is 4.95. The molecule has 2 aromatic carbocycles. The fraction of sp³-hybridized carbons (Fsp3) is 0. The summed E-state index contributed by atoms with van der Waals surface area (Å²) in [6.07, 6.45) is 6.80. The minimum Gasteiger partial charge on any atom is -0.263 e. The van der Waals surface area contributed by atoms with Gasteiger partial charge in [-0.05, 0) is 17.0 Å². The lowest BCUT2D eigenvalue weighted by Gasteiger charge is -2.07. The number of nitrogens with zero attached hydrogens (tertiary/aromatic N) is 4. The molecule has 0 spiro atoms. The first-order chi connectivity index (χ1) is 10.9. The number of rotatable bonds is 2. The zero-order valence-electron chi connectivity index (χ0n) is 11.7. The smallest absolute Gasteiger partial charge is 0.162 e. The van der Waals surface area contributed by atoms with Gasteiger partial charge in [-0.1, -0.05) is 42.5 Å². The average Bonchev–Trinajstić information content (AvgIpc) is 2.62. The summed E-state index contributed by atoms with van der Waals surface area (Å²) in [6.45, 7) is 0. The summed E-state index contributed by atoms with van der Waals surface area (Å²) in [4.78, 5) is 16.6. The third-order valence-corrected chi connectivity index (χ3v) is 3.59.